The van der Waals surface area contributed by atoms with E-state index in [2.05, 4.69) is 28.5 Å². The van der Waals surface area contributed by atoms with Gasteiger partial charge < -0.3 is 24.5 Å². The van der Waals surface area contributed by atoms with Gasteiger partial charge in [0.1, 0.15) is 0 Å². The number of ether oxygens (including phenoxy) is 3. The van der Waals surface area contributed by atoms with E-state index in [1.165, 1.54) is 0 Å². The second kappa shape index (κ2) is 10.6. The van der Waals surface area contributed by atoms with E-state index in [0.29, 0.717) is 25.3 Å². The Balaban J connectivity index is 1.56. The summed E-state index contributed by atoms with van der Waals surface area (Å²) in [5, 5.41) is 4.31. The minimum atomic E-state index is -0.0255. The van der Waals surface area contributed by atoms with Crippen LogP contribution in [0.3, 0.4) is 0 Å². The van der Waals surface area contributed by atoms with Crippen LogP contribution in [0.1, 0.15) is 49.7 Å². The molecule has 1 aliphatic heterocycles. The number of para-hydroxylation sites is 1. The predicted molar refractivity (Wildman–Crippen MR) is 126 cm³/mol. The minimum Gasteiger partial charge on any atom is -0.493 e. The first kappa shape index (κ1) is 22.2. The quantitative estimate of drug-likeness (QED) is 0.480. The molecule has 4 rings (SSSR count). The molecule has 1 amide bonds. The Morgan fingerprint density at radius 3 is 2.91 bits per heavy atom. The molecule has 0 aliphatic carbocycles. The van der Waals surface area contributed by atoms with Gasteiger partial charge in [0.25, 0.3) is 0 Å². The lowest BCUT2D eigenvalue weighted by Gasteiger charge is -2.20. The van der Waals surface area contributed by atoms with Crippen LogP contribution in [-0.2, 0) is 9.53 Å². The molecule has 0 spiro atoms. The van der Waals surface area contributed by atoms with E-state index in [9.17, 15) is 4.79 Å². The molecule has 1 saturated heterocycles. The number of aromatic nitrogens is 1. The topological polar surface area (TPSA) is 72.6 Å². The van der Waals surface area contributed by atoms with Gasteiger partial charge in [0.2, 0.25) is 5.91 Å². The van der Waals surface area contributed by atoms with Crippen LogP contribution in [0.5, 0.6) is 11.5 Å². The lowest BCUT2D eigenvalue weighted by Crippen LogP contribution is -2.29. The smallest absolute Gasteiger partial charge is 0.220 e. The van der Waals surface area contributed by atoms with Crippen LogP contribution in [0.25, 0.3) is 10.9 Å². The lowest BCUT2D eigenvalue weighted by molar-refractivity contribution is -0.121. The number of rotatable bonds is 10. The van der Waals surface area contributed by atoms with Crippen molar-refractivity contribution in [3.8, 4) is 11.5 Å². The average molecular weight is 437 g/mol. The summed E-state index contributed by atoms with van der Waals surface area (Å²) in [5.74, 6) is 1.45. The van der Waals surface area contributed by atoms with E-state index in [1.807, 2.05) is 37.4 Å². The van der Waals surface area contributed by atoms with Crippen molar-refractivity contribution in [2.45, 2.75) is 44.6 Å². The summed E-state index contributed by atoms with van der Waals surface area (Å²) in [5.41, 5.74) is 3.29. The Labute approximate surface area is 189 Å². The first-order chi connectivity index (χ1) is 15.7. The third-order valence-electron chi connectivity index (χ3n) is 6.11. The van der Waals surface area contributed by atoms with Crippen molar-refractivity contribution < 1.29 is 19.0 Å². The molecule has 2 N–H and O–H groups in total. The highest BCUT2D eigenvalue weighted by atomic mass is 16.5. The number of carbonyl (C=O) groups excluding carboxylic acids is 1. The summed E-state index contributed by atoms with van der Waals surface area (Å²) < 4.78 is 16.9. The molecule has 2 aromatic carbocycles. The van der Waals surface area contributed by atoms with E-state index >= 15 is 0 Å². The summed E-state index contributed by atoms with van der Waals surface area (Å²) in [6.07, 6.45) is 5.67. The second-order valence-electron chi connectivity index (χ2n) is 8.16. The Hall–Kier alpha value is -2.99. The molecule has 170 valence electrons. The fourth-order valence-corrected chi connectivity index (χ4v) is 4.43. The number of hydrogen-bond donors (Lipinski definition) is 2. The molecular formula is C26H32N2O4. The van der Waals surface area contributed by atoms with Crippen molar-refractivity contribution in [2.75, 3.05) is 26.9 Å². The molecule has 0 radical (unpaired) electrons. The summed E-state index contributed by atoms with van der Waals surface area (Å²) in [4.78, 5) is 16.0. The molecule has 2 unspecified atom stereocenters. The summed E-state index contributed by atoms with van der Waals surface area (Å²) in [6.45, 7) is 3.84. The molecule has 3 aromatic rings. The number of methoxy groups -OCH3 is 1. The van der Waals surface area contributed by atoms with Crippen LogP contribution >= 0.6 is 0 Å². The summed E-state index contributed by atoms with van der Waals surface area (Å²) >= 11 is 0. The zero-order chi connectivity index (χ0) is 22.3. The maximum atomic E-state index is 12.6. The number of carbonyl (C=O) groups is 1. The molecule has 1 aliphatic rings. The Morgan fingerprint density at radius 1 is 1.25 bits per heavy atom. The van der Waals surface area contributed by atoms with Crippen molar-refractivity contribution in [2.24, 2.45) is 0 Å². The normalized spacial score (nSPS) is 16.8. The first-order valence-corrected chi connectivity index (χ1v) is 11.4. The molecule has 32 heavy (non-hydrogen) atoms. The van der Waals surface area contributed by atoms with Crippen molar-refractivity contribution in [1.82, 2.24) is 10.3 Å². The molecule has 2 atom stereocenters. The van der Waals surface area contributed by atoms with Gasteiger partial charge in [-0.1, -0.05) is 24.3 Å². The maximum absolute atomic E-state index is 12.6. The van der Waals surface area contributed by atoms with Gasteiger partial charge in [-0.2, -0.15) is 0 Å². The maximum Gasteiger partial charge on any atom is 0.220 e. The van der Waals surface area contributed by atoms with Crippen LogP contribution in [0, 0.1) is 0 Å². The number of fused-ring (bicyclic) bond motifs is 1. The summed E-state index contributed by atoms with van der Waals surface area (Å²) in [6, 6.07) is 14.2. The zero-order valence-corrected chi connectivity index (χ0v) is 18.9. The molecule has 6 nitrogen and oxygen atoms in total. The fourth-order valence-electron chi connectivity index (χ4n) is 4.43. The van der Waals surface area contributed by atoms with E-state index in [0.717, 1.165) is 53.6 Å². The monoisotopic (exact) mass is 436 g/mol. The van der Waals surface area contributed by atoms with Gasteiger partial charge in [-0.3, -0.25) is 4.79 Å². The Kier molecular flexibility index (Phi) is 7.32. The third-order valence-corrected chi connectivity index (χ3v) is 6.11. The second-order valence-corrected chi connectivity index (χ2v) is 8.16. The first-order valence-electron chi connectivity index (χ1n) is 11.4. The van der Waals surface area contributed by atoms with E-state index in [4.69, 9.17) is 14.2 Å². The van der Waals surface area contributed by atoms with Gasteiger partial charge in [0.15, 0.2) is 11.5 Å². The highest BCUT2D eigenvalue weighted by Gasteiger charge is 2.22. The number of H-pyrrole nitrogens is 1. The lowest BCUT2D eigenvalue weighted by atomic mass is 9.90. The molecule has 0 saturated carbocycles. The van der Waals surface area contributed by atoms with Gasteiger partial charge >= 0.3 is 0 Å². The molecule has 6 heteroatoms. The van der Waals surface area contributed by atoms with Crippen LogP contribution in [0.2, 0.25) is 0 Å². The van der Waals surface area contributed by atoms with Crippen molar-refractivity contribution in [3.05, 3.63) is 59.8 Å². The zero-order valence-electron chi connectivity index (χ0n) is 18.9. The van der Waals surface area contributed by atoms with Crippen molar-refractivity contribution in [1.29, 1.82) is 0 Å². The van der Waals surface area contributed by atoms with Crippen molar-refractivity contribution >= 4 is 16.8 Å². The molecule has 0 bridgehead atoms. The van der Waals surface area contributed by atoms with Gasteiger partial charge in [-0.05, 0) is 55.5 Å². The van der Waals surface area contributed by atoms with Crippen LogP contribution in [-0.4, -0.2) is 43.9 Å². The van der Waals surface area contributed by atoms with E-state index < -0.39 is 0 Å². The van der Waals surface area contributed by atoms with Gasteiger partial charge in [-0.25, -0.2) is 0 Å². The van der Waals surface area contributed by atoms with Crippen molar-refractivity contribution in [3.63, 3.8) is 0 Å². The number of benzene rings is 2. The highest BCUT2D eigenvalue weighted by molar-refractivity contribution is 5.84. The van der Waals surface area contributed by atoms with Crippen LogP contribution in [0.4, 0.5) is 0 Å². The molecular weight excluding hydrogens is 404 g/mol. The molecule has 1 fully saturated rings. The number of amides is 1. The van der Waals surface area contributed by atoms with Crippen LogP contribution < -0.4 is 14.8 Å². The predicted octanol–water partition coefficient (Wildman–Crippen LogP) is 4.78. The molecule has 2 heterocycles. The van der Waals surface area contributed by atoms with E-state index in [1.54, 1.807) is 7.11 Å². The van der Waals surface area contributed by atoms with Gasteiger partial charge in [-0.15, -0.1) is 0 Å². The Bertz CT molecular complexity index is 1040. The van der Waals surface area contributed by atoms with Gasteiger partial charge in [0, 0.05) is 42.6 Å². The Morgan fingerprint density at radius 2 is 2.12 bits per heavy atom. The van der Waals surface area contributed by atoms with Crippen LogP contribution in [0.15, 0.2) is 48.7 Å². The van der Waals surface area contributed by atoms with Gasteiger partial charge in [0.05, 0.1) is 19.8 Å². The fraction of sp³-hybridized carbons (Fsp3) is 0.423. The standard InChI is InChI=1S/C26H32N2O4/c1-3-31-24-12-10-18(15-25(24)30-2)21(22-17-27-23-9-5-4-8-20(22)23)16-28-26(29)13-11-19-7-6-14-32-19/h4-5,8-10,12,15,17,19,21,27H,3,6-7,11,13-14,16H2,1-2H3,(H,28,29). The SMILES string of the molecule is CCOc1ccc(C(CNC(=O)CCC2CCCO2)c2c[nH]c3ccccc23)cc1OC. The summed E-state index contributed by atoms with van der Waals surface area (Å²) in [7, 11) is 1.65. The molecule has 1 aromatic heterocycles. The number of nitrogens with one attached hydrogen (secondary N) is 2. The number of aromatic amines is 1. The average Bonchev–Trinajstić information content (AvgIpc) is 3.49. The largest absolute Gasteiger partial charge is 0.493 e. The number of hydrogen-bond acceptors (Lipinski definition) is 4. The highest BCUT2D eigenvalue weighted by Crippen LogP contribution is 2.36. The third kappa shape index (κ3) is 5.07. The van der Waals surface area contributed by atoms with E-state index in [-0.39, 0.29) is 17.9 Å². The minimum absolute atomic E-state index is 0.0255.